The van der Waals surface area contributed by atoms with E-state index in [-0.39, 0.29) is 17.3 Å². The van der Waals surface area contributed by atoms with Crippen LogP contribution in [0.1, 0.15) is 38.7 Å². The van der Waals surface area contributed by atoms with Gasteiger partial charge in [0, 0.05) is 13.2 Å². The maximum Gasteiger partial charge on any atom is 0.273 e. The maximum absolute atomic E-state index is 11.3. The van der Waals surface area contributed by atoms with E-state index in [1.165, 1.54) is 11.7 Å². The third kappa shape index (κ3) is 2.39. The van der Waals surface area contributed by atoms with Crippen LogP contribution in [0, 0.1) is 0 Å². The number of methoxy groups -OCH3 is 1. The minimum absolute atomic E-state index is 0.115. The van der Waals surface area contributed by atoms with Crippen LogP contribution in [0.3, 0.4) is 0 Å². The SMILES string of the molecule is COC(C)c1nnc(S(N)(=O)=O)n1C(C)C. The van der Waals surface area contributed by atoms with Gasteiger partial charge in [-0.05, 0) is 20.8 Å². The molecule has 1 aromatic rings. The van der Waals surface area contributed by atoms with E-state index < -0.39 is 10.0 Å². The molecular weight excluding hydrogens is 232 g/mol. The summed E-state index contributed by atoms with van der Waals surface area (Å²) >= 11 is 0. The highest BCUT2D eigenvalue weighted by Gasteiger charge is 2.25. The minimum Gasteiger partial charge on any atom is -0.374 e. The highest BCUT2D eigenvalue weighted by molar-refractivity contribution is 7.89. The Balaban J connectivity index is 3.40. The zero-order valence-corrected chi connectivity index (χ0v) is 10.5. The summed E-state index contributed by atoms with van der Waals surface area (Å²) in [4.78, 5) is 0. The van der Waals surface area contributed by atoms with E-state index in [1.54, 1.807) is 6.92 Å². The minimum atomic E-state index is -3.87. The molecule has 0 spiro atoms. The number of hydrogen-bond donors (Lipinski definition) is 1. The van der Waals surface area contributed by atoms with Gasteiger partial charge in [0.25, 0.3) is 15.2 Å². The fourth-order valence-corrected chi connectivity index (χ4v) is 2.08. The summed E-state index contributed by atoms with van der Waals surface area (Å²) in [5.41, 5.74) is 0. The van der Waals surface area contributed by atoms with Crippen molar-refractivity contribution in [2.24, 2.45) is 5.14 Å². The molecule has 92 valence electrons. The van der Waals surface area contributed by atoms with Crippen molar-refractivity contribution in [2.45, 2.75) is 38.1 Å². The summed E-state index contributed by atoms with van der Waals surface area (Å²) in [6.07, 6.45) is -0.342. The molecule has 0 amide bonds. The van der Waals surface area contributed by atoms with E-state index in [2.05, 4.69) is 10.2 Å². The lowest BCUT2D eigenvalue weighted by molar-refractivity contribution is 0.106. The molecule has 0 aliphatic carbocycles. The Hall–Kier alpha value is -0.990. The number of sulfonamides is 1. The summed E-state index contributed by atoms with van der Waals surface area (Å²) in [5, 5.41) is 12.2. The molecule has 1 rings (SSSR count). The standard InChI is InChI=1S/C8H16N4O3S/c1-5(2)12-7(6(3)15-4)10-11-8(12)16(9,13)14/h5-6H,1-4H3,(H2,9,13,14). The van der Waals surface area contributed by atoms with Crippen LogP contribution in [-0.4, -0.2) is 30.3 Å². The molecular formula is C8H16N4O3S. The fourth-order valence-electron chi connectivity index (χ4n) is 1.35. The zero-order chi connectivity index (χ0) is 12.5. The Labute approximate surface area is 94.7 Å². The van der Waals surface area contributed by atoms with Crippen molar-refractivity contribution in [2.75, 3.05) is 7.11 Å². The second-order valence-electron chi connectivity index (χ2n) is 3.73. The quantitative estimate of drug-likeness (QED) is 0.821. The number of primary sulfonamides is 1. The molecule has 7 nitrogen and oxygen atoms in total. The second kappa shape index (κ2) is 4.48. The molecule has 0 radical (unpaired) electrons. The third-order valence-electron chi connectivity index (χ3n) is 2.18. The number of aromatic nitrogens is 3. The number of ether oxygens (including phenoxy) is 1. The zero-order valence-electron chi connectivity index (χ0n) is 9.71. The molecule has 1 aromatic heterocycles. The first-order valence-electron chi connectivity index (χ1n) is 4.79. The Bertz CT molecular complexity index is 466. The van der Waals surface area contributed by atoms with Crippen molar-refractivity contribution in [3.8, 4) is 0 Å². The number of nitrogens with two attached hydrogens (primary N) is 1. The Morgan fingerprint density at radius 1 is 1.31 bits per heavy atom. The van der Waals surface area contributed by atoms with E-state index in [0.717, 1.165) is 0 Å². The van der Waals surface area contributed by atoms with Gasteiger partial charge in [-0.1, -0.05) is 0 Å². The maximum atomic E-state index is 11.3. The normalized spacial score (nSPS) is 14.4. The predicted molar refractivity (Wildman–Crippen MR) is 57.2 cm³/mol. The van der Waals surface area contributed by atoms with Crippen LogP contribution in [0.5, 0.6) is 0 Å². The molecule has 0 bridgehead atoms. The van der Waals surface area contributed by atoms with Crippen LogP contribution in [0.2, 0.25) is 0 Å². The number of rotatable bonds is 4. The van der Waals surface area contributed by atoms with Crippen molar-refractivity contribution in [3.63, 3.8) is 0 Å². The van der Waals surface area contributed by atoms with Crippen molar-refractivity contribution >= 4 is 10.0 Å². The molecule has 1 atom stereocenters. The summed E-state index contributed by atoms with van der Waals surface area (Å²) in [7, 11) is -2.35. The van der Waals surface area contributed by atoms with Crippen molar-refractivity contribution < 1.29 is 13.2 Å². The highest BCUT2D eigenvalue weighted by Crippen LogP contribution is 2.21. The monoisotopic (exact) mass is 248 g/mol. The lowest BCUT2D eigenvalue weighted by atomic mass is 10.3. The first-order valence-corrected chi connectivity index (χ1v) is 6.34. The molecule has 0 saturated heterocycles. The lowest BCUT2D eigenvalue weighted by Crippen LogP contribution is -2.21. The molecule has 0 saturated carbocycles. The highest BCUT2D eigenvalue weighted by atomic mass is 32.2. The molecule has 0 aliphatic rings. The molecule has 8 heteroatoms. The molecule has 0 aliphatic heterocycles. The van der Waals surface area contributed by atoms with Crippen molar-refractivity contribution in [1.82, 2.24) is 14.8 Å². The summed E-state index contributed by atoms with van der Waals surface area (Å²) in [6.45, 7) is 5.41. The summed E-state index contributed by atoms with van der Waals surface area (Å²) in [6, 6.07) is -0.115. The van der Waals surface area contributed by atoms with Crippen LogP contribution in [0.15, 0.2) is 5.16 Å². The van der Waals surface area contributed by atoms with Gasteiger partial charge < -0.3 is 4.74 Å². The molecule has 2 N–H and O–H groups in total. The van der Waals surface area contributed by atoms with Gasteiger partial charge in [-0.25, -0.2) is 13.6 Å². The van der Waals surface area contributed by atoms with E-state index in [4.69, 9.17) is 9.88 Å². The summed E-state index contributed by atoms with van der Waals surface area (Å²) in [5.74, 6) is 0.446. The van der Waals surface area contributed by atoms with E-state index in [9.17, 15) is 8.42 Å². The topological polar surface area (TPSA) is 100 Å². The van der Waals surface area contributed by atoms with E-state index in [0.29, 0.717) is 5.82 Å². The predicted octanol–water partition coefficient (Wildman–Crippen LogP) is 0.214. The summed E-state index contributed by atoms with van der Waals surface area (Å²) < 4.78 is 29.1. The van der Waals surface area contributed by atoms with Crippen LogP contribution >= 0.6 is 0 Å². The van der Waals surface area contributed by atoms with Crippen LogP contribution in [-0.2, 0) is 14.8 Å². The average molecular weight is 248 g/mol. The smallest absolute Gasteiger partial charge is 0.273 e. The van der Waals surface area contributed by atoms with Crippen LogP contribution in [0.25, 0.3) is 0 Å². The van der Waals surface area contributed by atoms with Gasteiger partial charge in [-0.2, -0.15) is 0 Å². The fraction of sp³-hybridized carbons (Fsp3) is 0.750. The molecule has 16 heavy (non-hydrogen) atoms. The van der Waals surface area contributed by atoms with Gasteiger partial charge in [-0.15, -0.1) is 10.2 Å². The first kappa shape index (κ1) is 13.1. The lowest BCUT2D eigenvalue weighted by Gasteiger charge is -2.15. The van der Waals surface area contributed by atoms with Gasteiger partial charge in [0.15, 0.2) is 5.82 Å². The third-order valence-corrected chi connectivity index (χ3v) is 2.97. The second-order valence-corrected chi connectivity index (χ2v) is 5.18. The Morgan fingerprint density at radius 2 is 1.88 bits per heavy atom. The Morgan fingerprint density at radius 3 is 2.25 bits per heavy atom. The van der Waals surface area contributed by atoms with Gasteiger partial charge in [-0.3, -0.25) is 4.57 Å². The number of nitrogens with zero attached hydrogens (tertiary/aromatic N) is 3. The van der Waals surface area contributed by atoms with Crippen LogP contribution < -0.4 is 5.14 Å². The molecule has 1 unspecified atom stereocenters. The van der Waals surface area contributed by atoms with Crippen LogP contribution in [0.4, 0.5) is 0 Å². The largest absolute Gasteiger partial charge is 0.374 e. The van der Waals surface area contributed by atoms with Gasteiger partial charge >= 0.3 is 0 Å². The molecule has 1 heterocycles. The number of hydrogen-bond acceptors (Lipinski definition) is 5. The van der Waals surface area contributed by atoms with E-state index >= 15 is 0 Å². The van der Waals surface area contributed by atoms with Crippen molar-refractivity contribution in [3.05, 3.63) is 5.82 Å². The van der Waals surface area contributed by atoms with E-state index in [1.807, 2.05) is 13.8 Å². The average Bonchev–Trinajstić information content (AvgIpc) is 2.59. The van der Waals surface area contributed by atoms with Gasteiger partial charge in [0.1, 0.15) is 6.10 Å². The molecule has 0 aromatic carbocycles. The molecule has 0 fully saturated rings. The van der Waals surface area contributed by atoms with Crippen molar-refractivity contribution in [1.29, 1.82) is 0 Å². The van der Waals surface area contributed by atoms with Gasteiger partial charge in [0.05, 0.1) is 0 Å². The first-order chi connectivity index (χ1) is 7.29. The Kier molecular flexibility index (Phi) is 3.66. The van der Waals surface area contributed by atoms with Gasteiger partial charge in [0.2, 0.25) is 0 Å².